The van der Waals surface area contributed by atoms with Crippen molar-refractivity contribution in [1.82, 2.24) is 14.9 Å². The maximum atomic E-state index is 11.3. The number of hydrogen-bond acceptors (Lipinski definition) is 4. The number of amides is 1. The molecule has 6 nitrogen and oxygen atoms in total. The van der Waals surface area contributed by atoms with Crippen LogP contribution in [0.1, 0.15) is 13.3 Å². The highest BCUT2D eigenvalue weighted by molar-refractivity contribution is 7.89. The van der Waals surface area contributed by atoms with Gasteiger partial charge >= 0.3 is 0 Å². The van der Waals surface area contributed by atoms with E-state index in [0.717, 1.165) is 17.3 Å². The van der Waals surface area contributed by atoms with Crippen LogP contribution < -0.4 is 10.6 Å². The molecule has 0 aliphatic heterocycles. The van der Waals surface area contributed by atoms with Crippen LogP contribution in [0.5, 0.6) is 0 Å². The number of carbonyl (C=O) groups excluding carboxylic acids is 1. The van der Waals surface area contributed by atoms with Gasteiger partial charge in [-0.05, 0) is 26.9 Å². The normalized spacial score (nSPS) is 11.8. The summed E-state index contributed by atoms with van der Waals surface area (Å²) in [4.78, 5) is 11.3. The first-order valence-electron chi connectivity index (χ1n) is 5.29. The molecule has 0 atom stereocenters. The Morgan fingerprint density at radius 1 is 1.31 bits per heavy atom. The summed E-state index contributed by atoms with van der Waals surface area (Å²) in [7, 11) is -0.0229. The van der Waals surface area contributed by atoms with Gasteiger partial charge in [-0.2, -0.15) is 4.31 Å². The predicted molar refractivity (Wildman–Crippen MR) is 63.6 cm³/mol. The van der Waals surface area contributed by atoms with Gasteiger partial charge < -0.3 is 10.6 Å². The van der Waals surface area contributed by atoms with E-state index in [-0.39, 0.29) is 18.2 Å². The molecule has 0 saturated carbocycles. The van der Waals surface area contributed by atoms with Crippen LogP contribution in [0.3, 0.4) is 0 Å². The molecule has 0 aliphatic carbocycles. The van der Waals surface area contributed by atoms with Crippen molar-refractivity contribution in [3.63, 3.8) is 0 Å². The molecule has 1 amide bonds. The van der Waals surface area contributed by atoms with E-state index in [2.05, 4.69) is 10.6 Å². The van der Waals surface area contributed by atoms with Gasteiger partial charge in [0.2, 0.25) is 15.9 Å². The number of sulfonamides is 1. The van der Waals surface area contributed by atoms with Crippen LogP contribution in [0.25, 0.3) is 0 Å². The fraction of sp³-hybridized carbons (Fsp3) is 0.889. The zero-order chi connectivity index (χ0) is 12.6. The predicted octanol–water partition coefficient (Wildman–Crippen LogP) is -1.01. The lowest BCUT2D eigenvalue weighted by atomic mass is 10.4. The van der Waals surface area contributed by atoms with Crippen LogP contribution in [0.15, 0.2) is 0 Å². The Hall–Kier alpha value is -0.660. The minimum absolute atomic E-state index is 0.0105. The van der Waals surface area contributed by atoms with Gasteiger partial charge in [-0.15, -0.1) is 0 Å². The zero-order valence-electron chi connectivity index (χ0n) is 10.1. The molecule has 0 fully saturated rings. The van der Waals surface area contributed by atoms with Gasteiger partial charge in [0.15, 0.2) is 0 Å². The molecule has 0 rings (SSSR count). The van der Waals surface area contributed by atoms with Crippen LogP contribution in [0, 0.1) is 0 Å². The van der Waals surface area contributed by atoms with Crippen LogP contribution in [0.2, 0.25) is 0 Å². The first-order valence-corrected chi connectivity index (χ1v) is 6.90. The fourth-order valence-corrected chi connectivity index (χ4v) is 1.82. The molecule has 0 spiro atoms. The molecule has 7 heteroatoms. The second-order valence-corrected chi connectivity index (χ2v) is 5.83. The lowest BCUT2D eigenvalue weighted by Gasteiger charge is -2.15. The van der Waals surface area contributed by atoms with Gasteiger partial charge in [0.25, 0.3) is 0 Å². The highest BCUT2D eigenvalue weighted by atomic mass is 32.2. The van der Waals surface area contributed by atoms with Gasteiger partial charge in [-0.3, -0.25) is 4.79 Å². The van der Waals surface area contributed by atoms with E-state index in [1.165, 1.54) is 7.05 Å². The van der Waals surface area contributed by atoms with Crippen LogP contribution in [-0.2, 0) is 14.8 Å². The zero-order valence-corrected chi connectivity index (χ0v) is 10.9. The van der Waals surface area contributed by atoms with Crippen molar-refractivity contribution in [1.29, 1.82) is 0 Å². The number of rotatable bonds is 8. The average molecular weight is 251 g/mol. The Labute approximate surface area is 97.4 Å². The molecule has 0 saturated heterocycles. The highest BCUT2D eigenvalue weighted by Gasteiger charge is 2.17. The van der Waals surface area contributed by atoms with E-state index in [1.54, 1.807) is 6.92 Å². The van der Waals surface area contributed by atoms with Gasteiger partial charge in [0.1, 0.15) is 0 Å². The first-order chi connectivity index (χ1) is 7.44. The molecule has 0 aromatic heterocycles. The summed E-state index contributed by atoms with van der Waals surface area (Å²) in [6.45, 7) is 2.81. The van der Waals surface area contributed by atoms with E-state index in [0.29, 0.717) is 6.54 Å². The number of hydrogen-bond donors (Lipinski definition) is 2. The smallest absolute Gasteiger partial charge is 0.235 e. The lowest BCUT2D eigenvalue weighted by Crippen LogP contribution is -2.39. The van der Waals surface area contributed by atoms with Crippen molar-refractivity contribution < 1.29 is 13.2 Å². The maximum Gasteiger partial charge on any atom is 0.235 e. The monoisotopic (exact) mass is 251 g/mol. The van der Waals surface area contributed by atoms with Crippen molar-refractivity contribution in [2.45, 2.75) is 13.3 Å². The van der Waals surface area contributed by atoms with Crippen LogP contribution >= 0.6 is 0 Å². The molecular weight excluding hydrogens is 230 g/mol. The summed E-state index contributed by atoms with van der Waals surface area (Å²) < 4.78 is 23.8. The molecule has 2 N–H and O–H groups in total. The molecule has 16 heavy (non-hydrogen) atoms. The minimum Gasteiger partial charge on any atom is -0.355 e. The molecule has 0 unspecified atom stereocenters. The van der Waals surface area contributed by atoms with Crippen molar-refractivity contribution in [3.05, 3.63) is 0 Å². The van der Waals surface area contributed by atoms with Crippen molar-refractivity contribution >= 4 is 15.9 Å². The Kier molecular flexibility index (Phi) is 7.27. The summed E-state index contributed by atoms with van der Waals surface area (Å²) in [6, 6.07) is 0. The van der Waals surface area contributed by atoms with Crippen molar-refractivity contribution in [2.24, 2.45) is 0 Å². The van der Waals surface area contributed by atoms with Gasteiger partial charge in [-0.25, -0.2) is 8.42 Å². The van der Waals surface area contributed by atoms with Crippen molar-refractivity contribution in [3.8, 4) is 0 Å². The van der Waals surface area contributed by atoms with E-state index in [9.17, 15) is 13.2 Å². The second-order valence-electron chi connectivity index (χ2n) is 3.46. The summed E-state index contributed by atoms with van der Waals surface area (Å²) in [6.07, 6.45) is 0.826. The standard InChI is InChI=1S/C9H21N3O3S/c1-4-16(14,15)12(3)8-9(13)11-7-5-6-10-2/h10H,4-8H2,1-3H3,(H,11,13). The molecule has 0 aromatic carbocycles. The molecule has 0 aromatic rings. The summed E-state index contributed by atoms with van der Waals surface area (Å²) in [5, 5.41) is 5.62. The third-order valence-corrected chi connectivity index (χ3v) is 3.94. The molecular formula is C9H21N3O3S. The van der Waals surface area contributed by atoms with E-state index < -0.39 is 10.0 Å². The summed E-state index contributed by atoms with van der Waals surface area (Å²) in [5.41, 5.74) is 0. The molecule has 0 radical (unpaired) electrons. The topological polar surface area (TPSA) is 78.5 Å². The summed E-state index contributed by atoms with van der Waals surface area (Å²) >= 11 is 0. The minimum atomic E-state index is -3.27. The van der Waals surface area contributed by atoms with Crippen LogP contribution in [-0.4, -0.2) is 58.1 Å². The summed E-state index contributed by atoms with van der Waals surface area (Å²) in [5.74, 6) is -0.257. The van der Waals surface area contributed by atoms with Gasteiger partial charge in [0.05, 0.1) is 12.3 Å². The van der Waals surface area contributed by atoms with E-state index in [1.807, 2.05) is 7.05 Å². The lowest BCUT2D eigenvalue weighted by molar-refractivity contribution is -0.121. The number of nitrogens with zero attached hydrogens (tertiary/aromatic N) is 1. The Balaban J connectivity index is 3.88. The largest absolute Gasteiger partial charge is 0.355 e. The molecule has 96 valence electrons. The number of likely N-dealkylation sites (N-methyl/N-ethyl adjacent to an activating group) is 1. The quantitative estimate of drug-likeness (QED) is 0.542. The first kappa shape index (κ1) is 15.3. The van der Waals surface area contributed by atoms with Crippen molar-refractivity contribution in [2.75, 3.05) is 39.5 Å². The Bertz CT molecular complexity index is 303. The molecule has 0 bridgehead atoms. The van der Waals surface area contributed by atoms with E-state index >= 15 is 0 Å². The SMILES string of the molecule is CCS(=O)(=O)N(C)CC(=O)NCCCNC. The Morgan fingerprint density at radius 3 is 2.44 bits per heavy atom. The average Bonchev–Trinajstić information content (AvgIpc) is 2.24. The molecule has 0 heterocycles. The highest BCUT2D eigenvalue weighted by Crippen LogP contribution is 1.96. The van der Waals surface area contributed by atoms with Gasteiger partial charge in [0, 0.05) is 13.6 Å². The fourth-order valence-electron chi connectivity index (χ4n) is 1.07. The van der Waals surface area contributed by atoms with Crippen LogP contribution in [0.4, 0.5) is 0 Å². The number of nitrogens with one attached hydrogen (secondary N) is 2. The third kappa shape index (κ3) is 6.04. The van der Waals surface area contributed by atoms with Gasteiger partial charge in [-0.1, -0.05) is 0 Å². The Morgan fingerprint density at radius 2 is 1.94 bits per heavy atom. The third-order valence-electron chi connectivity index (χ3n) is 2.13. The second kappa shape index (κ2) is 7.59. The molecule has 0 aliphatic rings. The maximum absolute atomic E-state index is 11.3. The van der Waals surface area contributed by atoms with E-state index in [4.69, 9.17) is 0 Å². The number of carbonyl (C=O) groups is 1.